The fourth-order valence-electron chi connectivity index (χ4n) is 3.68. The predicted molar refractivity (Wildman–Crippen MR) is 74.5 cm³/mol. The summed E-state index contributed by atoms with van der Waals surface area (Å²) in [6, 6.07) is 10.6. The van der Waals surface area contributed by atoms with Crippen LogP contribution >= 0.6 is 0 Å². The van der Waals surface area contributed by atoms with Crippen molar-refractivity contribution in [3.63, 3.8) is 0 Å². The van der Waals surface area contributed by atoms with E-state index in [-0.39, 0.29) is 12.2 Å². The van der Waals surface area contributed by atoms with Gasteiger partial charge in [-0.25, -0.2) is 0 Å². The molecule has 1 saturated carbocycles. The lowest BCUT2D eigenvalue weighted by Gasteiger charge is -2.36. The largest absolute Gasteiger partial charge is 0.395 e. The van der Waals surface area contributed by atoms with Crippen molar-refractivity contribution in [2.75, 3.05) is 19.8 Å². The van der Waals surface area contributed by atoms with Crippen LogP contribution in [0.15, 0.2) is 35.5 Å². The minimum atomic E-state index is -0.0931. The molecule has 2 heterocycles. The first-order valence-electron chi connectivity index (χ1n) is 7.41. The molecule has 106 valence electrons. The molecular weight excluding hydrogens is 254 g/mol. The Balaban J connectivity index is 1.70. The monoisotopic (exact) mass is 273 g/mol. The van der Waals surface area contributed by atoms with Gasteiger partial charge in [-0.05, 0) is 18.4 Å². The number of benzene rings is 1. The zero-order valence-corrected chi connectivity index (χ0v) is 11.4. The SMILES string of the molecule is c1ccc([C@H]2C3=NOCC3CC[C@H]2C2OCCO2)cc1. The molecule has 0 N–H and O–H groups in total. The van der Waals surface area contributed by atoms with Crippen molar-refractivity contribution >= 4 is 5.71 Å². The standard InChI is InChI=1S/C16H19NO3/c1-2-4-11(5-3-1)14-13(16-18-8-9-19-16)7-6-12-10-20-17-15(12)14/h1-5,12-14,16H,6-10H2/t12?,13-,14-/m1/s1. The fourth-order valence-corrected chi connectivity index (χ4v) is 3.68. The van der Waals surface area contributed by atoms with Crippen LogP contribution in [-0.4, -0.2) is 31.8 Å². The number of oxime groups is 1. The Bertz CT molecular complexity index is 496. The molecule has 0 radical (unpaired) electrons. The van der Waals surface area contributed by atoms with Gasteiger partial charge in [0, 0.05) is 17.8 Å². The minimum Gasteiger partial charge on any atom is -0.395 e. The molecule has 2 aliphatic heterocycles. The summed E-state index contributed by atoms with van der Waals surface area (Å²) in [7, 11) is 0. The topological polar surface area (TPSA) is 40.0 Å². The van der Waals surface area contributed by atoms with Gasteiger partial charge in [0.2, 0.25) is 0 Å². The molecule has 20 heavy (non-hydrogen) atoms. The fraction of sp³-hybridized carbons (Fsp3) is 0.562. The van der Waals surface area contributed by atoms with Gasteiger partial charge in [-0.1, -0.05) is 35.5 Å². The van der Waals surface area contributed by atoms with E-state index in [4.69, 9.17) is 14.3 Å². The van der Waals surface area contributed by atoms with Crippen molar-refractivity contribution in [1.29, 1.82) is 0 Å². The number of hydrogen-bond donors (Lipinski definition) is 0. The first-order valence-corrected chi connectivity index (χ1v) is 7.41. The van der Waals surface area contributed by atoms with Crippen molar-refractivity contribution < 1.29 is 14.3 Å². The Morgan fingerprint density at radius 2 is 1.80 bits per heavy atom. The molecule has 4 rings (SSSR count). The maximum atomic E-state index is 5.77. The zero-order valence-electron chi connectivity index (χ0n) is 11.4. The number of nitrogens with zero attached hydrogens (tertiary/aromatic N) is 1. The van der Waals surface area contributed by atoms with Gasteiger partial charge in [-0.3, -0.25) is 0 Å². The highest BCUT2D eigenvalue weighted by molar-refractivity contribution is 5.94. The van der Waals surface area contributed by atoms with Gasteiger partial charge in [-0.15, -0.1) is 0 Å². The van der Waals surface area contributed by atoms with E-state index in [1.165, 1.54) is 11.3 Å². The van der Waals surface area contributed by atoms with E-state index in [1.807, 2.05) is 6.07 Å². The van der Waals surface area contributed by atoms with Gasteiger partial charge in [0.05, 0.1) is 18.9 Å². The van der Waals surface area contributed by atoms with Crippen molar-refractivity contribution in [3.8, 4) is 0 Å². The third-order valence-electron chi connectivity index (χ3n) is 4.62. The smallest absolute Gasteiger partial charge is 0.161 e. The summed E-state index contributed by atoms with van der Waals surface area (Å²) < 4.78 is 11.5. The molecule has 0 spiro atoms. The number of ether oxygens (including phenoxy) is 2. The molecule has 4 heteroatoms. The van der Waals surface area contributed by atoms with Crippen LogP contribution in [0.2, 0.25) is 0 Å². The molecule has 1 aliphatic carbocycles. The number of rotatable bonds is 2. The molecule has 1 aromatic rings. The zero-order chi connectivity index (χ0) is 13.4. The third kappa shape index (κ3) is 2.03. The van der Waals surface area contributed by atoms with Crippen LogP contribution in [0.4, 0.5) is 0 Å². The Kier molecular flexibility index (Phi) is 3.20. The quantitative estimate of drug-likeness (QED) is 0.831. The molecule has 0 aromatic heterocycles. The van der Waals surface area contributed by atoms with Crippen LogP contribution < -0.4 is 0 Å². The Labute approximate surface area is 118 Å². The summed E-state index contributed by atoms with van der Waals surface area (Å²) in [4.78, 5) is 5.36. The van der Waals surface area contributed by atoms with Crippen LogP contribution in [0.3, 0.4) is 0 Å². The summed E-state index contributed by atoms with van der Waals surface area (Å²) in [6.07, 6.45) is 2.14. The van der Waals surface area contributed by atoms with E-state index in [2.05, 4.69) is 29.4 Å². The van der Waals surface area contributed by atoms with Gasteiger partial charge in [-0.2, -0.15) is 0 Å². The van der Waals surface area contributed by atoms with Crippen LogP contribution in [0, 0.1) is 11.8 Å². The molecule has 4 nitrogen and oxygen atoms in total. The van der Waals surface area contributed by atoms with Crippen LogP contribution in [-0.2, 0) is 14.3 Å². The third-order valence-corrected chi connectivity index (χ3v) is 4.62. The van der Waals surface area contributed by atoms with Gasteiger partial charge in [0.15, 0.2) is 6.29 Å². The Morgan fingerprint density at radius 1 is 1.00 bits per heavy atom. The van der Waals surface area contributed by atoms with Crippen LogP contribution in [0.25, 0.3) is 0 Å². The summed E-state index contributed by atoms with van der Waals surface area (Å²) in [5.74, 6) is 1.08. The van der Waals surface area contributed by atoms with Gasteiger partial charge < -0.3 is 14.3 Å². The van der Waals surface area contributed by atoms with Crippen molar-refractivity contribution in [3.05, 3.63) is 35.9 Å². The number of hydrogen-bond acceptors (Lipinski definition) is 4. The van der Waals surface area contributed by atoms with Crippen LogP contribution in [0.5, 0.6) is 0 Å². The molecule has 0 bridgehead atoms. The van der Waals surface area contributed by atoms with Crippen molar-refractivity contribution in [1.82, 2.24) is 0 Å². The lowest BCUT2D eigenvalue weighted by Crippen LogP contribution is -2.39. The second kappa shape index (κ2) is 5.19. The highest BCUT2D eigenvalue weighted by Crippen LogP contribution is 2.44. The Hall–Kier alpha value is -1.39. The van der Waals surface area contributed by atoms with E-state index in [0.29, 0.717) is 25.0 Å². The summed E-state index contributed by atoms with van der Waals surface area (Å²) in [5, 5.41) is 4.34. The van der Waals surface area contributed by atoms with E-state index in [9.17, 15) is 0 Å². The van der Waals surface area contributed by atoms with Gasteiger partial charge in [0.25, 0.3) is 0 Å². The van der Waals surface area contributed by atoms with Crippen molar-refractivity contribution in [2.45, 2.75) is 25.0 Å². The maximum Gasteiger partial charge on any atom is 0.161 e. The predicted octanol–water partition coefficient (Wildman–Crippen LogP) is 2.56. The Morgan fingerprint density at radius 3 is 2.60 bits per heavy atom. The highest BCUT2D eigenvalue weighted by atomic mass is 16.7. The van der Waals surface area contributed by atoms with Gasteiger partial charge >= 0.3 is 0 Å². The first-order chi connectivity index (χ1) is 9.93. The average Bonchev–Trinajstić information content (AvgIpc) is 3.18. The number of fused-ring (bicyclic) bond motifs is 1. The molecule has 3 aliphatic rings. The molecule has 2 fully saturated rings. The summed E-state index contributed by atoms with van der Waals surface area (Å²) in [6.45, 7) is 2.14. The van der Waals surface area contributed by atoms with Crippen LogP contribution in [0.1, 0.15) is 24.3 Å². The molecule has 3 atom stereocenters. The lowest BCUT2D eigenvalue weighted by atomic mass is 9.69. The molecular formula is C16H19NO3. The second-order valence-electron chi connectivity index (χ2n) is 5.75. The summed E-state index contributed by atoms with van der Waals surface area (Å²) >= 11 is 0. The molecule has 1 saturated heterocycles. The first kappa shape index (κ1) is 12.4. The molecule has 0 amide bonds. The van der Waals surface area contributed by atoms with Crippen molar-refractivity contribution in [2.24, 2.45) is 17.0 Å². The highest BCUT2D eigenvalue weighted by Gasteiger charge is 2.45. The molecule has 1 aromatic carbocycles. The second-order valence-corrected chi connectivity index (χ2v) is 5.75. The van der Waals surface area contributed by atoms with E-state index >= 15 is 0 Å². The lowest BCUT2D eigenvalue weighted by molar-refractivity contribution is -0.0909. The maximum absolute atomic E-state index is 5.77. The summed E-state index contributed by atoms with van der Waals surface area (Å²) in [5.41, 5.74) is 2.48. The van der Waals surface area contributed by atoms with E-state index in [0.717, 1.165) is 19.4 Å². The average molecular weight is 273 g/mol. The minimum absolute atomic E-state index is 0.0931. The van der Waals surface area contributed by atoms with Gasteiger partial charge in [0.1, 0.15) is 6.61 Å². The van der Waals surface area contributed by atoms with E-state index in [1.54, 1.807) is 0 Å². The van der Waals surface area contributed by atoms with E-state index < -0.39 is 0 Å². The molecule has 1 unspecified atom stereocenters. The normalized spacial score (nSPS) is 33.6.